The quantitative estimate of drug-likeness (QED) is 0.344. The summed E-state index contributed by atoms with van der Waals surface area (Å²) in [5.74, 6) is -0.420. The van der Waals surface area contributed by atoms with Crippen LogP contribution < -0.4 is 0 Å². The van der Waals surface area contributed by atoms with Crippen molar-refractivity contribution in [2.75, 3.05) is 0 Å². The fraction of sp³-hybridized carbons (Fsp3) is 0.500. The number of carbonyl (C=O) groups excluding carboxylic acids is 1. The molecule has 3 nitrogen and oxygen atoms in total. The molecule has 60 valence electrons. The van der Waals surface area contributed by atoms with Gasteiger partial charge >= 0.3 is 5.97 Å². The largest absolute Gasteiger partial charge is 0.461 e. The average Bonchev–Trinajstić information content (AvgIpc) is 1.86. The van der Waals surface area contributed by atoms with Crippen LogP contribution in [0.2, 0.25) is 0 Å². The summed E-state index contributed by atoms with van der Waals surface area (Å²) < 4.78 is 4.81. The second-order valence-corrected chi connectivity index (χ2v) is 2.40. The summed E-state index contributed by atoms with van der Waals surface area (Å²) in [6.07, 6.45) is 1.03. The van der Waals surface area contributed by atoms with Crippen LogP contribution in [0.25, 0.3) is 4.85 Å². The summed E-state index contributed by atoms with van der Waals surface area (Å²) in [6.45, 7) is 11.5. The summed E-state index contributed by atoms with van der Waals surface area (Å²) in [6, 6.07) is 0. The molecule has 0 rings (SSSR count). The first kappa shape index (κ1) is 9.70. The number of carbonyl (C=O) groups is 1. The molecule has 11 heavy (non-hydrogen) atoms. The molecule has 3 heteroatoms. The normalized spacial score (nSPS) is 11.0. The van der Waals surface area contributed by atoms with Gasteiger partial charge in [0.15, 0.2) is 6.20 Å². The van der Waals surface area contributed by atoms with E-state index in [1.165, 1.54) is 0 Å². The third-order valence-electron chi connectivity index (χ3n) is 0.923. The molecule has 0 aliphatic rings. The maximum atomic E-state index is 10.9. The molecule has 0 amide bonds. The van der Waals surface area contributed by atoms with E-state index in [-0.39, 0.29) is 6.10 Å². The maximum absolute atomic E-state index is 10.9. The lowest BCUT2D eigenvalue weighted by Gasteiger charge is -2.06. The van der Waals surface area contributed by atoms with Gasteiger partial charge in [0.2, 0.25) is 0 Å². The number of esters is 1. The van der Waals surface area contributed by atoms with Gasteiger partial charge < -0.3 is 4.74 Å². The molecule has 0 fully saturated rings. The SMILES string of the molecule is [C-]#[N+]/C=C(\C)C(=O)OC(C)C. The fourth-order valence-electron chi connectivity index (χ4n) is 0.457. The second-order valence-electron chi connectivity index (χ2n) is 2.40. The zero-order chi connectivity index (χ0) is 8.85. The highest BCUT2D eigenvalue weighted by molar-refractivity contribution is 5.88. The third kappa shape index (κ3) is 4.15. The van der Waals surface area contributed by atoms with E-state index in [1.807, 2.05) is 0 Å². The van der Waals surface area contributed by atoms with Gasteiger partial charge in [0.25, 0.3) is 0 Å². The minimum atomic E-state index is -0.420. The molecule has 0 saturated heterocycles. The average molecular weight is 153 g/mol. The Kier molecular flexibility index (Phi) is 3.97. The maximum Gasteiger partial charge on any atom is 0.322 e. The van der Waals surface area contributed by atoms with Gasteiger partial charge in [-0.15, -0.1) is 0 Å². The highest BCUT2D eigenvalue weighted by Gasteiger charge is 2.05. The smallest absolute Gasteiger partial charge is 0.322 e. The molecule has 0 atom stereocenters. The zero-order valence-corrected chi connectivity index (χ0v) is 6.92. The first-order valence-electron chi connectivity index (χ1n) is 3.32. The molecular weight excluding hydrogens is 142 g/mol. The number of ether oxygens (including phenoxy) is 1. The zero-order valence-electron chi connectivity index (χ0n) is 6.92. The van der Waals surface area contributed by atoms with Crippen LogP contribution >= 0.6 is 0 Å². The molecule has 0 spiro atoms. The molecule has 0 heterocycles. The standard InChI is InChI=1S/C8H11NO2/c1-6(2)11-8(10)7(3)5-9-4/h5-6H,1-3H3/b7-5+. The minimum absolute atomic E-state index is 0.128. The minimum Gasteiger partial charge on any atom is -0.461 e. The Morgan fingerprint density at radius 2 is 2.18 bits per heavy atom. The molecule has 0 aliphatic heterocycles. The van der Waals surface area contributed by atoms with Crippen molar-refractivity contribution in [2.24, 2.45) is 0 Å². The summed E-state index contributed by atoms with van der Waals surface area (Å²) in [5.41, 5.74) is 0.341. The van der Waals surface area contributed by atoms with E-state index in [0.29, 0.717) is 5.57 Å². The van der Waals surface area contributed by atoms with Gasteiger partial charge in [-0.05, 0) is 20.8 Å². The molecule has 0 bridgehead atoms. The Morgan fingerprint density at radius 1 is 1.64 bits per heavy atom. The van der Waals surface area contributed by atoms with Crippen LogP contribution in [-0.2, 0) is 9.53 Å². The van der Waals surface area contributed by atoms with Crippen LogP contribution in [0.4, 0.5) is 0 Å². The van der Waals surface area contributed by atoms with Gasteiger partial charge in [0.05, 0.1) is 12.7 Å². The second kappa shape index (κ2) is 4.51. The molecule has 0 saturated carbocycles. The number of rotatable bonds is 2. The van der Waals surface area contributed by atoms with E-state index in [2.05, 4.69) is 4.85 Å². The van der Waals surface area contributed by atoms with E-state index in [0.717, 1.165) is 6.20 Å². The van der Waals surface area contributed by atoms with Gasteiger partial charge in [0, 0.05) is 5.57 Å². The van der Waals surface area contributed by atoms with Crippen molar-refractivity contribution in [3.05, 3.63) is 23.2 Å². The highest BCUT2D eigenvalue weighted by Crippen LogP contribution is 1.99. The van der Waals surface area contributed by atoms with Crippen molar-refractivity contribution < 1.29 is 9.53 Å². The van der Waals surface area contributed by atoms with E-state index < -0.39 is 5.97 Å². The molecule has 0 unspecified atom stereocenters. The first-order chi connectivity index (χ1) is 5.07. The molecule has 0 aromatic heterocycles. The van der Waals surface area contributed by atoms with Gasteiger partial charge in [-0.2, -0.15) is 0 Å². The Morgan fingerprint density at radius 3 is 2.55 bits per heavy atom. The summed E-state index contributed by atoms with van der Waals surface area (Å²) in [4.78, 5) is 13.9. The number of hydrogen-bond acceptors (Lipinski definition) is 2. The lowest BCUT2D eigenvalue weighted by Crippen LogP contribution is -2.11. The predicted molar refractivity (Wildman–Crippen MR) is 41.6 cm³/mol. The van der Waals surface area contributed by atoms with Crippen molar-refractivity contribution >= 4 is 5.97 Å². The summed E-state index contributed by atoms with van der Waals surface area (Å²) in [7, 11) is 0. The first-order valence-corrected chi connectivity index (χ1v) is 3.32. The van der Waals surface area contributed by atoms with Crippen molar-refractivity contribution in [1.29, 1.82) is 0 Å². The van der Waals surface area contributed by atoms with E-state index in [9.17, 15) is 4.79 Å². The van der Waals surface area contributed by atoms with Gasteiger partial charge in [0.1, 0.15) is 0 Å². The Bertz CT molecular complexity index is 211. The number of nitrogens with zero attached hydrogens (tertiary/aromatic N) is 1. The predicted octanol–water partition coefficient (Wildman–Crippen LogP) is 1.76. The van der Waals surface area contributed by atoms with Gasteiger partial charge in [-0.3, -0.25) is 0 Å². The van der Waals surface area contributed by atoms with Crippen LogP contribution in [-0.4, -0.2) is 12.1 Å². The lowest BCUT2D eigenvalue weighted by atomic mass is 10.3. The molecule has 0 aliphatic carbocycles. The monoisotopic (exact) mass is 153 g/mol. The van der Waals surface area contributed by atoms with Gasteiger partial charge in [-0.25, -0.2) is 9.64 Å². The topological polar surface area (TPSA) is 30.7 Å². The summed E-state index contributed by atoms with van der Waals surface area (Å²) >= 11 is 0. The van der Waals surface area contributed by atoms with Crippen LogP contribution in [0.15, 0.2) is 11.8 Å². The van der Waals surface area contributed by atoms with Crippen LogP contribution in [0, 0.1) is 6.57 Å². The Labute approximate surface area is 66.5 Å². The highest BCUT2D eigenvalue weighted by atomic mass is 16.5. The van der Waals surface area contributed by atoms with Crippen molar-refractivity contribution in [1.82, 2.24) is 0 Å². The molecule has 0 aromatic rings. The third-order valence-corrected chi connectivity index (χ3v) is 0.923. The molecule has 0 N–H and O–H groups in total. The van der Waals surface area contributed by atoms with Crippen LogP contribution in [0.1, 0.15) is 20.8 Å². The van der Waals surface area contributed by atoms with E-state index >= 15 is 0 Å². The fourth-order valence-corrected chi connectivity index (χ4v) is 0.457. The van der Waals surface area contributed by atoms with Crippen molar-refractivity contribution in [3.63, 3.8) is 0 Å². The van der Waals surface area contributed by atoms with Crippen molar-refractivity contribution in [2.45, 2.75) is 26.9 Å². The summed E-state index contributed by atoms with van der Waals surface area (Å²) in [5, 5.41) is 0. The lowest BCUT2D eigenvalue weighted by molar-refractivity contribution is -0.142. The van der Waals surface area contributed by atoms with Crippen LogP contribution in [0.5, 0.6) is 0 Å². The van der Waals surface area contributed by atoms with Crippen molar-refractivity contribution in [3.8, 4) is 0 Å². The Balaban J connectivity index is 4.07. The molecule has 0 aromatic carbocycles. The Hall–Kier alpha value is -1.30. The van der Waals surface area contributed by atoms with E-state index in [4.69, 9.17) is 11.3 Å². The van der Waals surface area contributed by atoms with Gasteiger partial charge in [-0.1, -0.05) is 0 Å². The number of hydrogen-bond donors (Lipinski definition) is 0. The molecule has 0 radical (unpaired) electrons. The van der Waals surface area contributed by atoms with Crippen LogP contribution in [0.3, 0.4) is 0 Å². The molecular formula is C8H11NO2. The van der Waals surface area contributed by atoms with E-state index in [1.54, 1.807) is 20.8 Å².